The molecule has 1 aliphatic heterocycles. The Morgan fingerprint density at radius 3 is 2.14 bits per heavy atom. The number of urea groups is 1. The molecule has 2 atom stereocenters. The number of piperidine rings is 1. The Balaban J connectivity index is 1.61. The van der Waals surface area contributed by atoms with Gasteiger partial charge in [0, 0.05) is 30.0 Å². The van der Waals surface area contributed by atoms with Crippen LogP contribution in [0.2, 0.25) is 0 Å². The molecule has 1 fully saturated rings. The third kappa shape index (κ3) is 4.88. The molecule has 0 saturated carbocycles. The van der Waals surface area contributed by atoms with Gasteiger partial charge in [-0.2, -0.15) is 0 Å². The number of hydrogen-bond acceptors (Lipinski definition) is 3. The summed E-state index contributed by atoms with van der Waals surface area (Å²) >= 11 is 0. The summed E-state index contributed by atoms with van der Waals surface area (Å²) in [5.41, 5.74) is 1.70. The van der Waals surface area contributed by atoms with E-state index in [4.69, 9.17) is 0 Å². The van der Waals surface area contributed by atoms with Gasteiger partial charge in [0.25, 0.3) is 5.91 Å². The standard InChI is InChI=1S/C21H23N3O4/c1-14-11-16(20(26)27)13-24(12-14)19(25)15-7-9-18(10-8-15)23-21(28)22-17-5-3-2-4-6-17/h2-10,14,16H,11-13H2,1H3,(H,26,27)(H2,22,23,28). The Morgan fingerprint density at radius 2 is 1.54 bits per heavy atom. The Labute approximate surface area is 163 Å². The van der Waals surface area contributed by atoms with Crippen molar-refractivity contribution in [3.63, 3.8) is 0 Å². The fourth-order valence-electron chi connectivity index (χ4n) is 3.39. The van der Waals surface area contributed by atoms with Crippen LogP contribution in [0, 0.1) is 11.8 Å². The first-order valence-corrected chi connectivity index (χ1v) is 9.17. The van der Waals surface area contributed by atoms with Crippen LogP contribution in [0.3, 0.4) is 0 Å². The Kier molecular flexibility index (Phi) is 5.93. The highest BCUT2D eigenvalue weighted by molar-refractivity contribution is 6.00. The van der Waals surface area contributed by atoms with E-state index in [9.17, 15) is 19.5 Å². The average Bonchev–Trinajstić information content (AvgIpc) is 2.68. The second kappa shape index (κ2) is 8.56. The van der Waals surface area contributed by atoms with Crippen molar-refractivity contribution in [2.45, 2.75) is 13.3 Å². The number of hydrogen-bond donors (Lipinski definition) is 3. The number of nitrogens with one attached hydrogen (secondary N) is 2. The van der Waals surface area contributed by atoms with Gasteiger partial charge in [0.05, 0.1) is 5.92 Å². The molecule has 1 aliphatic rings. The van der Waals surface area contributed by atoms with E-state index in [-0.39, 0.29) is 24.4 Å². The van der Waals surface area contributed by atoms with Gasteiger partial charge in [-0.25, -0.2) is 4.79 Å². The first kappa shape index (κ1) is 19.4. The Hall–Kier alpha value is -3.35. The van der Waals surface area contributed by atoms with Crippen molar-refractivity contribution in [2.75, 3.05) is 23.7 Å². The summed E-state index contributed by atoms with van der Waals surface area (Å²) < 4.78 is 0. The smallest absolute Gasteiger partial charge is 0.323 e. The number of rotatable bonds is 4. The molecule has 2 unspecified atom stereocenters. The fourth-order valence-corrected chi connectivity index (χ4v) is 3.39. The van der Waals surface area contributed by atoms with Gasteiger partial charge in [0.15, 0.2) is 0 Å². The van der Waals surface area contributed by atoms with E-state index >= 15 is 0 Å². The number of aliphatic carboxylic acids is 1. The number of carbonyl (C=O) groups excluding carboxylic acids is 2. The van der Waals surface area contributed by atoms with Gasteiger partial charge in [-0.15, -0.1) is 0 Å². The molecule has 146 valence electrons. The first-order valence-electron chi connectivity index (χ1n) is 9.17. The third-order valence-corrected chi connectivity index (χ3v) is 4.72. The molecule has 28 heavy (non-hydrogen) atoms. The maximum Gasteiger partial charge on any atom is 0.323 e. The van der Waals surface area contributed by atoms with Crippen LogP contribution in [0.25, 0.3) is 0 Å². The van der Waals surface area contributed by atoms with Crippen LogP contribution in [0.1, 0.15) is 23.7 Å². The molecule has 0 aliphatic carbocycles. The maximum absolute atomic E-state index is 12.7. The lowest BCUT2D eigenvalue weighted by Crippen LogP contribution is -2.45. The second-order valence-electron chi connectivity index (χ2n) is 7.11. The zero-order valence-electron chi connectivity index (χ0n) is 15.6. The van der Waals surface area contributed by atoms with Crippen molar-refractivity contribution in [2.24, 2.45) is 11.8 Å². The third-order valence-electron chi connectivity index (χ3n) is 4.72. The zero-order valence-corrected chi connectivity index (χ0v) is 15.6. The van der Waals surface area contributed by atoms with Crippen molar-refractivity contribution in [1.82, 2.24) is 4.90 Å². The number of anilines is 2. The second-order valence-corrected chi connectivity index (χ2v) is 7.11. The Bertz CT molecular complexity index is 852. The molecule has 7 nitrogen and oxygen atoms in total. The maximum atomic E-state index is 12.7. The molecule has 2 aromatic rings. The van der Waals surface area contributed by atoms with Crippen LogP contribution in [0.5, 0.6) is 0 Å². The van der Waals surface area contributed by atoms with Crippen LogP contribution in [0.15, 0.2) is 54.6 Å². The predicted octanol–water partition coefficient (Wildman–Crippen LogP) is 3.51. The molecule has 2 aromatic carbocycles. The van der Waals surface area contributed by atoms with Gasteiger partial charge in [0.1, 0.15) is 0 Å². The van der Waals surface area contributed by atoms with Gasteiger partial charge in [-0.05, 0) is 48.7 Å². The minimum atomic E-state index is -0.867. The van der Waals surface area contributed by atoms with Crippen molar-refractivity contribution in [1.29, 1.82) is 0 Å². The van der Waals surface area contributed by atoms with Crippen molar-refractivity contribution in [3.8, 4) is 0 Å². The van der Waals surface area contributed by atoms with Crippen LogP contribution < -0.4 is 10.6 Å². The lowest BCUT2D eigenvalue weighted by molar-refractivity contribution is -0.143. The van der Waals surface area contributed by atoms with Gasteiger partial charge in [-0.3, -0.25) is 9.59 Å². The fraction of sp³-hybridized carbons (Fsp3) is 0.286. The molecule has 0 aromatic heterocycles. The van der Waals surface area contributed by atoms with E-state index in [0.29, 0.717) is 29.9 Å². The Morgan fingerprint density at radius 1 is 0.929 bits per heavy atom. The molecule has 0 radical (unpaired) electrons. The first-order chi connectivity index (χ1) is 13.4. The quantitative estimate of drug-likeness (QED) is 0.755. The van der Waals surface area contributed by atoms with E-state index in [2.05, 4.69) is 10.6 Å². The topological polar surface area (TPSA) is 98.7 Å². The number of carboxylic acids is 1. The number of nitrogens with zero attached hydrogens (tertiary/aromatic N) is 1. The molecule has 3 N–H and O–H groups in total. The van der Waals surface area contributed by atoms with Gasteiger partial charge in [-0.1, -0.05) is 25.1 Å². The minimum Gasteiger partial charge on any atom is -0.481 e. The lowest BCUT2D eigenvalue weighted by Gasteiger charge is -2.34. The molecular formula is C21H23N3O4. The lowest BCUT2D eigenvalue weighted by atomic mass is 9.90. The van der Waals surface area contributed by atoms with Crippen LogP contribution >= 0.6 is 0 Å². The molecule has 0 spiro atoms. The molecule has 3 rings (SSSR count). The summed E-state index contributed by atoms with van der Waals surface area (Å²) in [5.74, 6) is -1.46. The van der Waals surface area contributed by atoms with Crippen molar-refractivity contribution >= 4 is 29.3 Å². The molecule has 0 bridgehead atoms. The SMILES string of the molecule is CC1CC(C(=O)O)CN(C(=O)c2ccc(NC(=O)Nc3ccccc3)cc2)C1. The van der Waals surface area contributed by atoms with Crippen LogP contribution in [-0.2, 0) is 4.79 Å². The number of carbonyl (C=O) groups is 3. The number of benzene rings is 2. The van der Waals surface area contributed by atoms with E-state index in [1.54, 1.807) is 41.3 Å². The number of likely N-dealkylation sites (tertiary alicyclic amines) is 1. The summed E-state index contributed by atoms with van der Waals surface area (Å²) in [6.45, 7) is 2.72. The summed E-state index contributed by atoms with van der Waals surface area (Å²) in [4.78, 5) is 37.6. The minimum absolute atomic E-state index is 0.140. The zero-order chi connectivity index (χ0) is 20.1. The summed E-state index contributed by atoms with van der Waals surface area (Å²) in [6, 6.07) is 15.3. The van der Waals surface area contributed by atoms with Gasteiger partial charge >= 0.3 is 12.0 Å². The van der Waals surface area contributed by atoms with E-state index in [1.807, 2.05) is 25.1 Å². The normalized spacial score (nSPS) is 19.0. The number of para-hydroxylation sites is 1. The molecule has 1 saturated heterocycles. The largest absolute Gasteiger partial charge is 0.481 e. The number of carboxylic acid groups (broad SMARTS) is 1. The van der Waals surface area contributed by atoms with Crippen molar-refractivity contribution < 1.29 is 19.5 Å². The summed E-state index contributed by atoms with van der Waals surface area (Å²) in [6.07, 6.45) is 0.582. The summed E-state index contributed by atoms with van der Waals surface area (Å²) in [5, 5.41) is 14.7. The van der Waals surface area contributed by atoms with Crippen molar-refractivity contribution in [3.05, 3.63) is 60.2 Å². The highest BCUT2D eigenvalue weighted by Crippen LogP contribution is 2.23. The number of amides is 3. The summed E-state index contributed by atoms with van der Waals surface area (Å²) in [7, 11) is 0. The van der Waals surface area contributed by atoms with E-state index in [0.717, 1.165) is 0 Å². The van der Waals surface area contributed by atoms with Crippen LogP contribution in [-0.4, -0.2) is 41.0 Å². The van der Waals surface area contributed by atoms with Gasteiger partial charge in [0.2, 0.25) is 0 Å². The molecule has 3 amide bonds. The van der Waals surface area contributed by atoms with E-state index < -0.39 is 11.9 Å². The highest BCUT2D eigenvalue weighted by atomic mass is 16.4. The molecule has 7 heteroatoms. The monoisotopic (exact) mass is 381 g/mol. The van der Waals surface area contributed by atoms with Gasteiger partial charge < -0.3 is 20.6 Å². The van der Waals surface area contributed by atoms with Crippen LogP contribution in [0.4, 0.5) is 16.2 Å². The van der Waals surface area contributed by atoms with E-state index in [1.165, 1.54) is 0 Å². The molecular weight excluding hydrogens is 358 g/mol. The average molecular weight is 381 g/mol. The predicted molar refractivity (Wildman–Crippen MR) is 106 cm³/mol. The highest BCUT2D eigenvalue weighted by Gasteiger charge is 2.32. The molecule has 1 heterocycles.